The Morgan fingerprint density at radius 2 is 1.53 bits per heavy atom. The van der Waals surface area contributed by atoms with Crippen LogP contribution in [0.5, 0.6) is 5.75 Å². The predicted octanol–water partition coefficient (Wildman–Crippen LogP) is 6.08. The summed E-state index contributed by atoms with van der Waals surface area (Å²) >= 11 is 5.80. The quantitative estimate of drug-likeness (QED) is 0.353. The van der Waals surface area contributed by atoms with Crippen molar-refractivity contribution in [1.82, 2.24) is 0 Å². The number of hydrogen-bond donors (Lipinski definition) is 0. The Hall–Kier alpha value is -2.77. The molecule has 34 heavy (non-hydrogen) atoms. The van der Waals surface area contributed by atoms with E-state index < -0.39 is 27.1 Å². The Kier molecular flexibility index (Phi) is 7.78. The SMILES string of the molecule is CCS(=O)(=O)c1ccc(CC(=O)Cc2ccc(OC(C)(C)c3ccc(Cl)cc3F)c(F)c2)cc1. The zero-order chi connectivity index (χ0) is 25.1. The number of halogens is 3. The van der Waals surface area contributed by atoms with Crippen LogP contribution in [-0.2, 0) is 33.1 Å². The van der Waals surface area contributed by atoms with Crippen LogP contribution in [-0.4, -0.2) is 20.0 Å². The third kappa shape index (κ3) is 6.21. The normalized spacial score (nSPS) is 11.9. The van der Waals surface area contributed by atoms with Crippen LogP contribution in [0.3, 0.4) is 0 Å². The van der Waals surface area contributed by atoms with Gasteiger partial charge in [-0.3, -0.25) is 4.79 Å². The zero-order valence-electron chi connectivity index (χ0n) is 19.1. The van der Waals surface area contributed by atoms with E-state index in [0.717, 1.165) is 0 Å². The molecule has 0 aliphatic carbocycles. The van der Waals surface area contributed by atoms with Gasteiger partial charge in [0.2, 0.25) is 0 Å². The molecule has 0 aliphatic heterocycles. The molecule has 8 heteroatoms. The van der Waals surface area contributed by atoms with Crippen LogP contribution in [0, 0.1) is 11.6 Å². The summed E-state index contributed by atoms with van der Waals surface area (Å²) in [4.78, 5) is 12.7. The van der Waals surface area contributed by atoms with E-state index in [9.17, 15) is 22.0 Å². The van der Waals surface area contributed by atoms with Crippen molar-refractivity contribution in [3.8, 4) is 5.75 Å². The minimum Gasteiger partial charge on any atom is -0.480 e. The van der Waals surface area contributed by atoms with Crippen LogP contribution in [0.4, 0.5) is 8.78 Å². The monoisotopic (exact) mass is 506 g/mol. The van der Waals surface area contributed by atoms with Gasteiger partial charge in [0.15, 0.2) is 21.4 Å². The number of hydrogen-bond acceptors (Lipinski definition) is 4. The fourth-order valence-corrected chi connectivity index (χ4v) is 4.59. The van der Waals surface area contributed by atoms with E-state index in [1.54, 1.807) is 39.0 Å². The van der Waals surface area contributed by atoms with Gasteiger partial charge in [0.25, 0.3) is 0 Å². The van der Waals surface area contributed by atoms with Crippen LogP contribution < -0.4 is 4.74 Å². The van der Waals surface area contributed by atoms with E-state index in [0.29, 0.717) is 11.1 Å². The third-order valence-corrected chi connectivity index (χ3v) is 7.39. The average molecular weight is 507 g/mol. The summed E-state index contributed by atoms with van der Waals surface area (Å²) in [6.45, 7) is 4.81. The van der Waals surface area contributed by atoms with Crippen LogP contribution in [0.2, 0.25) is 5.02 Å². The van der Waals surface area contributed by atoms with E-state index in [1.165, 1.54) is 42.5 Å². The van der Waals surface area contributed by atoms with Crippen molar-refractivity contribution in [3.63, 3.8) is 0 Å². The molecule has 4 nitrogen and oxygen atoms in total. The van der Waals surface area contributed by atoms with Gasteiger partial charge in [0.05, 0.1) is 10.6 Å². The Balaban J connectivity index is 1.67. The highest BCUT2D eigenvalue weighted by Crippen LogP contribution is 2.32. The van der Waals surface area contributed by atoms with Crippen LogP contribution in [0.1, 0.15) is 37.5 Å². The van der Waals surface area contributed by atoms with Crippen LogP contribution in [0.25, 0.3) is 0 Å². The van der Waals surface area contributed by atoms with E-state index >= 15 is 0 Å². The first-order valence-electron chi connectivity index (χ1n) is 10.7. The predicted molar refractivity (Wildman–Crippen MR) is 128 cm³/mol. The minimum absolute atomic E-state index is 0.00140. The highest BCUT2D eigenvalue weighted by Gasteiger charge is 2.27. The highest BCUT2D eigenvalue weighted by molar-refractivity contribution is 7.91. The van der Waals surface area contributed by atoms with Gasteiger partial charge in [-0.15, -0.1) is 0 Å². The van der Waals surface area contributed by atoms with Gasteiger partial charge >= 0.3 is 0 Å². The molecular formula is C26H25ClF2O4S. The summed E-state index contributed by atoms with van der Waals surface area (Å²) in [7, 11) is -3.30. The molecule has 0 aromatic heterocycles. The summed E-state index contributed by atoms with van der Waals surface area (Å²) in [5.74, 6) is -1.43. The Morgan fingerprint density at radius 3 is 2.12 bits per heavy atom. The first-order chi connectivity index (χ1) is 15.9. The van der Waals surface area contributed by atoms with Crippen LogP contribution in [0.15, 0.2) is 65.6 Å². The van der Waals surface area contributed by atoms with Crippen molar-refractivity contribution in [2.24, 2.45) is 0 Å². The molecule has 0 radical (unpaired) electrons. The number of carbonyl (C=O) groups excluding carboxylic acids is 1. The lowest BCUT2D eigenvalue weighted by molar-refractivity contribution is -0.117. The van der Waals surface area contributed by atoms with Gasteiger partial charge in [0.1, 0.15) is 17.2 Å². The molecule has 3 rings (SSSR count). The lowest BCUT2D eigenvalue weighted by Gasteiger charge is -2.27. The Bertz CT molecular complexity index is 1300. The molecule has 0 N–H and O–H groups in total. The molecule has 3 aromatic carbocycles. The molecule has 0 atom stereocenters. The van der Waals surface area contributed by atoms with Crippen LogP contribution >= 0.6 is 11.6 Å². The van der Waals surface area contributed by atoms with Crippen molar-refractivity contribution >= 4 is 27.2 Å². The number of carbonyl (C=O) groups is 1. The largest absolute Gasteiger partial charge is 0.480 e. The molecule has 0 unspecified atom stereocenters. The third-order valence-electron chi connectivity index (χ3n) is 5.41. The van der Waals surface area contributed by atoms with Gasteiger partial charge in [-0.1, -0.05) is 42.8 Å². The van der Waals surface area contributed by atoms with E-state index in [2.05, 4.69) is 0 Å². The maximum absolute atomic E-state index is 14.7. The Labute approximate surface area is 203 Å². The second-order valence-corrected chi connectivity index (χ2v) is 11.2. The highest BCUT2D eigenvalue weighted by atomic mass is 35.5. The molecule has 3 aromatic rings. The van der Waals surface area contributed by atoms with Crippen molar-refractivity contribution in [3.05, 3.63) is 94.0 Å². The summed E-state index contributed by atoms with van der Waals surface area (Å²) in [6.07, 6.45) is 0.0939. The molecule has 0 amide bonds. The second-order valence-electron chi connectivity index (χ2n) is 8.44. The molecule has 0 heterocycles. The number of Topliss-reactive ketones (excluding diaryl/α,β-unsaturated/α-hetero) is 1. The van der Waals surface area contributed by atoms with Gasteiger partial charge < -0.3 is 4.74 Å². The van der Waals surface area contributed by atoms with Gasteiger partial charge in [-0.25, -0.2) is 17.2 Å². The zero-order valence-corrected chi connectivity index (χ0v) is 20.6. The molecule has 0 spiro atoms. The van der Waals surface area contributed by atoms with E-state index in [1.807, 2.05) is 0 Å². The summed E-state index contributed by atoms with van der Waals surface area (Å²) < 4.78 is 58.6. The molecule has 180 valence electrons. The first kappa shape index (κ1) is 25.8. The summed E-state index contributed by atoms with van der Waals surface area (Å²) in [5, 5.41) is 0.249. The lowest BCUT2D eigenvalue weighted by atomic mass is 9.97. The van der Waals surface area contributed by atoms with Crippen molar-refractivity contribution in [2.45, 2.75) is 44.1 Å². The smallest absolute Gasteiger partial charge is 0.178 e. The van der Waals surface area contributed by atoms with E-state index in [4.69, 9.17) is 16.3 Å². The summed E-state index contributed by atoms with van der Waals surface area (Å²) in [5.41, 5.74) is 0.209. The molecule has 0 bridgehead atoms. The molecule has 0 saturated heterocycles. The van der Waals surface area contributed by atoms with E-state index in [-0.39, 0.29) is 45.6 Å². The molecular weight excluding hydrogens is 482 g/mol. The topological polar surface area (TPSA) is 60.4 Å². The maximum Gasteiger partial charge on any atom is 0.178 e. The first-order valence-corrected chi connectivity index (χ1v) is 12.7. The lowest BCUT2D eigenvalue weighted by Crippen LogP contribution is -2.27. The average Bonchev–Trinajstić information content (AvgIpc) is 2.75. The number of rotatable bonds is 9. The number of ether oxygens (including phenoxy) is 1. The molecule has 0 aliphatic rings. The second kappa shape index (κ2) is 10.2. The fraction of sp³-hybridized carbons (Fsp3) is 0.269. The van der Waals surface area contributed by atoms with Crippen molar-refractivity contribution in [2.75, 3.05) is 5.75 Å². The van der Waals surface area contributed by atoms with Gasteiger partial charge in [-0.2, -0.15) is 0 Å². The number of benzene rings is 3. The number of ketones is 1. The maximum atomic E-state index is 14.7. The van der Waals surface area contributed by atoms with Gasteiger partial charge in [0, 0.05) is 23.4 Å². The summed E-state index contributed by atoms with van der Waals surface area (Å²) in [6, 6.07) is 14.6. The number of sulfone groups is 1. The fourth-order valence-electron chi connectivity index (χ4n) is 3.54. The minimum atomic E-state index is -3.30. The Morgan fingerprint density at radius 1 is 0.912 bits per heavy atom. The molecule has 0 fully saturated rings. The van der Waals surface area contributed by atoms with Gasteiger partial charge in [-0.05, 0) is 61.4 Å². The standard InChI is InChI=1S/C26H25ClF2O4S/c1-4-34(31,32)21-9-5-17(6-10-21)13-20(30)14-18-7-12-25(24(29)15-18)33-26(2,3)22-11-8-19(27)16-23(22)28/h5-12,15-16H,4,13-14H2,1-3H3. The van der Waals surface area contributed by atoms with Crippen molar-refractivity contribution < 1.29 is 26.7 Å². The molecule has 0 saturated carbocycles. The van der Waals surface area contributed by atoms with Crippen molar-refractivity contribution in [1.29, 1.82) is 0 Å².